The molecule has 0 aromatic heterocycles. The lowest BCUT2D eigenvalue weighted by Gasteiger charge is -2.27. The first-order chi connectivity index (χ1) is 9.34. The highest BCUT2D eigenvalue weighted by atomic mass is 32.2. The van der Waals surface area contributed by atoms with Gasteiger partial charge in [-0.3, -0.25) is 4.79 Å². The van der Waals surface area contributed by atoms with E-state index in [0.717, 1.165) is 24.3 Å². The first-order valence-electron chi connectivity index (χ1n) is 7.08. The average Bonchev–Trinajstić information content (AvgIpc) is 2.87. The normalized spacial score (nSPS) is 20.8. The van der Waals surface area contributed by atoms with Crippen molar-refractivity contribution in [1.82, 2.24) is 0 Å². The van der Waals surface area contributed by atoms with Crippen molar-refractivity contribution >= 4 is 29.0 Å². The van der Waals surface area contributed by atoms with E-state index < -0.39 is 0 Å². The molecule has 0 unspecified atom stereocenters. The smallest absolute Gasteiger partial charge is 0.227 e. The number of carbonyl (C=O) groups is 1. The molecular weight excluding hydrogens is 256 g/mol. The van der Waals surface area contributed by atoms with E-state index in [1.54, 1.807) is 0 Å². The van der Waals surface area contributed by atoms with Crippen LogP contribution in [0.3, 0.4) is 0 Å². The third-order valence-corrected chi connectivity index (χ3v) is 4.90. The second-order valence-corrected chi connectivity index (χ2v) is 6.42. The third-order valence-electron chi connectivity index (χ3n) is 3.85. The van der Waals surface area contributed by atoms with Crippen LogP contribution in [0.15, 0.2) is 24.3 Å². The minimum absolute atomic E-state index is 0.258. The molecule has 1 aromatic carbocycles. The Bertz CT molecular complexity index is 457. The van der Waals surface area contributed by atoms with E-state index in [0.29, 0.717) is 12.5 Å². The minimum atomic E-state index is 0.258. The van der Waals surface area contributed by atoms with Gasteiger partial charge in [-0.25, -0.2) is 0 Å². The molecule has 0 bridgehead atoms. The molecule has 3 rings (SSSR count). The molecule has 1 amide bonds. The highest BCUT2D eigenvalue weighted by molar-refractivity contribution is 7.99. The van der Waals surface area contributed by atoms with Gasteiger partial charge in [0, 0.05) is 19.0 Å². The molecule has 3 nitrogen and oxygen atoms in total. The number of carbonyl (C=O) groups excluding carboxylic acids is 1. The first-order valence-corrected chi connectivity index (χ1v) is 8.24. The molecule has 0 saturated carbocycles. The molecule has 102 valence electrons. The number of nitrogens with zero attached hydrogens (tertiary/aromatic N) is 1. The minimum Gasteiger partial charge on any atom is -0.381 e. The van der Waals surface area contributed by atoms with Crippen LogP contribution in [0.2, 0.25) is 0 Å². The molecule has 2 aliphatic rings. The van der Waals surface area contributed by atoms with Crippen molar-refractivity contribution in [2.45, 2.75) is 31.7 Å². The lowest BCUT2D eigenvalue weighted by molar-refractivity contribution is -0.117. The molecule has 0 radical (unpaired) electrons. The zero-order valence-electron chi connectivity index (χ0n) is 11.1. The topological polar surface area (TPSA) is 32.3 Å². The number of anilines is 2. The van der Waals surface area contributed by atoms with E-state index in [9.17, 15) is 4.79 Å². The van der Waals surface area contributed by atoms with Gasteiger partial charge in [-0.2, -0.15) is 11.8 Å². The van der Waals surface area contributed by atoms with Crippen LogP contribution < -0.4 is 10.2 Å². The maximum atomic E-state index is 11.9. The van der Waals surface area contributed by atoms with Gasteiger partial charge in [0.2, 0.25) is 5.91 Å². The van der Waals surface area contributed by atoms with Crippen molar-refractivity contribution in [1.29, 1.82) is 0 Å². The van der Waals surface area contributed by atoms with Crippen molar-refractivity contribution in [2.24, 2.45) is 0 Å². The van der Waals surface area contributed by atoms with E-state index in [-0.39, 0.29) is 5.91 Å². The largest absolute Gasteiger partial charge is 0.381 e. The molecule has 2 aliphatic heterocycles. The highest BCUT2D eigenvalue weighted by Gasteiger charge is 2.24. The standard InChI is InChI=1S/C15H20N2OS/c18-15-6-3-9-17(15)14-5-2-1-4-13(14)16-12-7-10-19-11-8-12/h1-2,4-5,12,16H,3,6-11H2. The van der Waals surface area contributed by atoms with Gasteiger partial charge in [0.1, 0.15) is 0 Å². The fraction of sp³-hybridized carbons (Fsp3) is 0.533. The molecule has 0 aliphatic carbocycles. The van der Waals surface area contributed by atoms with Crippen LogP contribution in [0, 0.1) is 0 Å². The fourth-order valence-electron chi connectivity index (χ4n) is 2.80. The van der Waals surface area contributed by atoms with Crippen LogP contribution in [0.1, 0.15) is 25.7 Å². The number of hydrogen-bond donors (Lipinski definition) is 1. The Kier molecular flexibility index (Phi) is 3.97. The number of rotatable bonds is 3. The predicted molar refractivity (Wildman–Crippen MR) is 82.0 cm³/mol. The van der Waals surface area contributed by atoms with E-state index in [1.807, 2.05) is 28.8 Å². The molecule has 2 fully saturated rings. The summed E-state index contributed by atoms with van der Waals surface area (Å²) in [5.74, 6) is 2.73. The molecule has 2 heterocycles. The van der Waals surface area contributed by atoms with Gasteiger partial charge in [-0.15, -0.1) is 0 Å². The number of nitrogens with one attached hydrogen (secondary N) is 1. The number of thioether (sulfide) groups is 1. The molecular formula is C15H20N2OS. The summed E-state index contributed by atoms with van der Waals surface area (Å²) in [6, 6.07) is 8.78. The van der Waals surface area contributed by atoms with Crippen LogP contribution in [0.4, 0.5) is 11.4 Å². The van der Waals surface area contributed by atoms with Crippen LogP contribution in [-0.4, -0.2) is 30.0 Å². The van der Waals surface area contributed by atoms with Crippen LogP contribution in [0.25, 0.3) is 0 Å². The van der Waals surface area contributed by atoms with Gasteiger partial charge in [0.25, 0.3) is 0 Å². The first kappa shape index (κ1) is 12.9. The highest BCUT2D eigenvalue weighted by Crippen LogP contribution is 2.31. The molecule has 0 spiro atoms. The van der Waals surface area contributed by atoms with Crippen molar-refractivity contribution < 1.29 is 4.79 Å². The Morgan fingerprint density at radius 2 is 2.00 bits per heavy atom. The summed E-state index contributed by atoms with van der Waals surface area (Å²) in [7, 11) is 0. The van der Waals surface area contributed by atoms with Gasteiger partial charge in [-0.1, -0.05) is 12.1 Å². The van der Waals surface area contributed by atoms with Crippen molar-refractivity contribution in [2.75, 3.05) is 28.3 Å². The Hall–Kier alpha value is -1.16. The number of benzene rings is 1. The van der Waals surface area contributed by atoms with Crippen molar-refractivity contribution in [3.05, 3.63) is 24.3 Å². The Morgan fingerprint density at radius 1 is 1.21 bits per heavy atom. The quantitative estimate of drug-likeness (QED) is 0.920. The van der Waals surface area contributed by atoms with Crippen LogP contribution >= 0.6 is 11.8 Å². The Morgan fingerprint density at radius 3 is 2.74 bits per heavy atom. The summed E-state index contributed by atoms with van der Waals surface area (Å²) in [6.07, 6.45) is 4.10. The maximum absolute atomic E-state index is 11.9. The molecule has 1 aromatic rings. The summed E-state index contributed by atoms with van der Waals surface area (Å²) in [4.78, 5) is 13.8. The van der Waals surface area contributed by atoms with Crippen molar-refractivity contribution in [3.8, 4) is 0 Å². The van der Waals surface area contributed by atoms with Crippen molar-refractivity contribution in [3.63, 3.8) is 0 Å². The van der Waals surface area contributed by atoms with Crippen LogP contribution in [-0.2, 0) is 4.79 Å². The van der Waals surface area contributed by atoms with E-state index in [1.165, 1.54) is 24.3 Å². The number of hydrogen-bond acceptors (Lipinski definition) is 3. The lowest BCUT2D eigenvalue weighted by atomic mass is 10.1. The van der Waals surface area contributed by atoms with Gasteiger partial charge < -0.3 is 10.2 Å². The van der Waals surface area contributed by atoms with Gasteiger partial charge in [-0.05, 0) is 42.9 Å². The number of amides is 1. The Balaban J connectivity index is 1.78. The van der Waals surface area contributed by atoms with Gasteiger partial charge >= 0.3 is 0 Å². The molecule has 4 heteroatoms. The molecule has 1 N–H and O–H groups in total. The maximum Gasteiger partial charge on any atom is 0.227 e. The fourth-order valence-corrected chi connectivity index (χ4v) is 3.90. The van der Waals surface area contributed by atoms with Gasteiger partial charge in [0.15, 0.2) is 0 Å². The van der Waals surface area contributed by atoms with E-state index in [4.69, 9.17) is 0 Å². The summed E-state index contributed by atoms with van der Waals surface area (Å²) in [5, 5.41) is 3.64. The van der Waals surface area contributed by atoms with E-state index >= 15 is 0 Å². The molecule has 2 saturated heterocycles. The molecule has 0 atom stereocenters. The lowest BCUT2D eigenvalue weighted by Crippen LogP contribution is -2.28. The summed E-state index contributed by atoms with van der Waals surface area (Å²) >= 11 is 2.03. The zero-order valence-corrected chi connectivity index (χ0v) is 11.9. The van der Waals surface area contributed by atoms with E-state index in [2.05, 4.69) is 17.4 Å². The average molecular weight is 276 g/mol. The number of para-hydroxylation sites is 2. The second-order valence-electron chi connectivity index (χ2n) is 5.20. The SMILES string of the molecule is O=C1CCCN1c1ccccc1NC1CCSCC1. The monoisotopic (exact) mass is 276 g/mol. The van der Waals surface area contributed by atoms with Crippen LogP contribution in [0.5, 0.6) is 0 Å². The van der Waals surface area contributed by atoms with Gasteiger partial charge in [0.05, 0.1) is 11.4 Å². The third kappa shape index (κ3) is 2.89. The summed E-state index contributed by atoms with van der Waals surface area (Å²) in [5.41, 5.74) is 2.18. The summed E-state index contributed by atoms with van der Waals surface area (Å²) in [6.45, 7) is 0.859. The zero-order chi connectivity index (χ0) is 13.1. The summed E-state index contributed by atoms with van der Waals surface area (Å²) < 4.78 is 0. The Labute approximate surface area is 118 Å². The molecule has 19 heavy (non-hydrogen) atoms. The second kappa shape index (κ2) is 5.87. The predicted octanol–water partition coefficient (Wildman–Crippen LogP) is 3.12.